The van der Waals surface area contributed by atoms with Crippen molar-refractivity contribution in [3.8, 4) is 0 Å². The maximum atomic E-state index is 12.5. The van der Waals surface area contributed by atoms with Gasteiger partial charge in [0.1, 0.15) is 12.3 Å². The Labute approximate surface area is 149 Å². The molecule has 4 fully saturated rings. The second kappa shape index (κ2) is 7.48. The average Bonchev–Trinajstić information content (AvgIpc) is 3.34. The molecule has 7 heteroatoms. The molecule has 8 atom stereocenters. The lowest BCUT2D eigenvalue weighted by molar-refractivity contribution is -0.124. The standard InChI is InChI=1S/C18H32N4O3/c1-3-15-21-17(22-25-15)12-4-6-13-11(8-12)5-7-14(13)20-18(23)16-10(2)24-9-19-16/h10-17,19,21-22H,3-9H2,1-2H3,(H,20,23)/t10?,11?,12?,13?,14-,15?,16?,17?/m1/s1. The summed E-state index contributed by atoms with van der Waals surface area (Å²) < 4.78 is 5.45. The molecule has 1 amide bonds. The van der Waals surface area contributed by atoms with E-state index in [9.17, 15) is 4.79 Å². The minimum atomic E-state index is -0.203. The summed E-state index contributed by atoms with van der Waals surface area (Å²) in [6.07, 6.45) is 7.30. The van der Waals surface area contributed by atoms with Gasteiger partial charge in [0.15, 0.2) is 0 Å². The number of carbonyl (C=O) groups is 1. The summed E-state index contributed by atoms with van der Waals surface area (Å²) in [5, 5.41) is 10.0. The van der Waals surface area contributed by atoms with Crippen molar-refractivity contribution >= 4 is 5.91 Å². The molecular weight excluding hydrogens is 320 g/mol. The largest absolute Gasteiger partial charge is 0.361 e. The third-order valence-corrected chi connectivity index (χ3v) is 6.72. The first-order chi connectivity index (χ1) is 12.2. The van der Waals surface area contributed by atoms with Crippen molar-refractivity contribution in [2.75, 3.05) is 6.73 Å². The van der Waals surface area contributed by atoms with E-state index in [-0.39, 0.29) is 30.4 Å². The van der Waals surface area contributed by atoms with Gasteiger partial charge in [0.2, 0.25) is 5.91 Å². The predicted octanol–water partition coefficient (Wildman–Crippen LogP) is 0.819. The van der Waals surface area contributed by atoms with Gasteiger partial charge in [-0.1, -0.05) is 6.92 Å². The van der Waals surface area contributed by atoms with Gasteiger partial charge >= 0.3 is 0 Å². The van der Waals surface area contributed by atoms with Gasteiger partial charge < -0.3 is 10.1 Å². The van der Waals surface area contributed by atoms with E-state index in [0.29, 0.717) is 24.6 Å². The Hall–Kier alpha value is -0.730. The fourth-order valence-electron chi connectivity index (χ4n) is 5.24. The van der Waals surface area contributed by atoms with Gasteiger partial charge in [0.25, 0.3) is 0 Å². The Kier molecular flexibility index (Phi) is 5.29. The fourth-order valence-corrected chi connectivity index (χ4v) is 5.24. The van der Waals surface area contributed by atoms with E-state index in [2.05, 4.69) is 28.4 Å². The van der Waals surface area contributed by atoms with Crippen LogP contribution in [0.5, 0.6) is 0 Å². The van der Waals surface area contributed by atoms with Gasteiger partial charge in [-0.15, -0.1) is 0 Å². The molecule has 4 rings (SSSR count). The van der Waals surface area contributed by atoms with Crippen molar-refractivity contribution in [1.29, 1.82) is 0 Å². The molecule has 4 N–H and O–H groups in total. The van der Waals surface area contributed by atoms with Gasteiger partial charge in [-0.2, -0.15) is 5.48 Å². The molecule has 7 nitrogen and oxygen atoms in total. The van der Waals surface area contributed by atoms with Crippen LogP contribution in [0.3, 0.4) is 0 Å². The van der Waals surface area contributed by atoms with Crippen LogP contribution in [0.1, 0.15) is 52.4 Å². The van der Waals surface area contributed by atoms with Gasteiger partial charge in [-0.05, 0) is 63.2 Å². The van der Waals surface area contributed by atoms with E-state index in [1.807, 2.05) is 6.92 Å². The van der Waals surface area contributed by atoms with E-state index >= 15 is 0 Å². The number of rotatable bonds is 4. The summed E-state index contributed by atoms with van der Waals surface area (Å²) in [6.45, 7) is 4.56. The number of amides is 1. The van der Waals surface area contributed by atoms with E-state index in [1.54, 1.807) is 0 Å². The van der Waals surface area contributed by atoms with E-state index in [4.69, 9.17) is 9.57 Å². The first-order valence-electron chi connectivity index (χ1n) is 9.98. The summed E-state index contributed by atoms with van der Waals surface area (Å²) in [6, 6.07) is 0.127. The van der Waals surface area contributed by atoms with Crippen LogP contribution in [0, 0.1) is 17.8 Å². The third-order valence-electron chi connectivity index (χ3n) is 6.72. The highest BCUT2D eigenvalue weighted by Crippen LogP contribution is 2.45. The van der Waals surface area contributed by atoms with Gasteiger partial charge in [-0.25, -0.2) is 0 Å². The summed E-state index contributed by atoms with van der Waals surface area (Å²) in [5.74, 6) is 2.08. The van der Waals surface area contributed by atoms with Crippen molar-refractivity contribution in [3.63, 3.8) is 0 Å². The van der Waals surface area contributed by atoms with Crippen LogP contribution in [-0.2, 0) is 14.4 Å². The van der Waals surface area contributed by atoms with Crippen LogP contribution in [0.25, 0.3) is 0 Å². The Balaban J connectivity index is 1.29. The zero-order valence-corrected chi connectivity index (χ0v) is 15.3. The number of hydroxylamine groups is 1. The number of nitrogens with one attached hydrogen (secondary N) is 4. The number of fused-ring (bicyclic) bond motifs is 1. The molecule has 2 aliphatic carbocycles. The monoisotopic (exact) mass is 352 g/mol. The molecule has 7 unspecified atom stereocenters. The molecule has 25 heavy (non-hydrogen) atoms. The lowest BCUT2D eigenvalue weighted by Crippen LogP contribution is -2.51. The molecule has 142 valence electrons. The van der Waals surface area contributed by atoms with Crippen LogP contribution in [0.4, 0.5) is 0 Å². The van der Waals surface area contributed by atoms with Crippen LogP contribution in [-0.4, -0.2) is 43.2 Å². The number of hydrogen-bond acceptors (Lipinski definition) is 6. The number of ether oxygens (including phenoxy) is 1. The van der Waals surface area contributed by atoms with E-state index in [1.165, 1.54) is 25.7 Å². The molecule has 0 radical (unpaired) electrons. The summed E-state index contributed by atoms with van der Waals surface area (Å²) >= 11 is 0. The Morgan fingerprint density at radius 2 is 2.04 bits per heavy atom. The lowest BCUT2D eigenvalue weighted by atomic mass is 9.73. The second-order valence-electron chi connectivity index (χ2n) is 8.16. The molecule has 2 saturated heterocycles. The summed E-state index contributed by atoms with van der Waals surface area (Å²) in [5.41, 5.74) is 3.19. The highest BCUT2D eigenvalue weighted by Gasteiger charge is 2.44. The molecule has 0 aromatic carbocycles. The van der Waals surface area contributed by atoms with Gasteiger partial charge in [0, 0.05) is 6.04 Å². The smallest absolute Gasteiger partial charge is 0.240 e. The minimum absolute atomic E-state index is 0.0426. The molecule has 0 spiro atoms. The quantitative estimate of drug-likeness (QED) is 0.600. The number of carbonyl (C=O) groups excluding carboxylic acids is 1. The lowest BCUT2D eigenvalue weighted by Gasteiger charge is -2.37. The zero-order valence-electron chi connectivity index (χ0n) is 15.3. The summed E-state index contributed by atoms with van der Waals surface area (Å²) in [4.78, 5) is 18.1. The molecule has 0 aromatic heterocycles. The van der Waals surface area contributed by atoms with Crippen LogP contribution in [0.2, 0.25) is 0 Å². The topological polar surface area (TPSA) is 83.7 Å². The molecule has 2 aliphatic heterocycles. The fraction of sp³-hybridized carbons (Fsp3) is 0.944. The maximum Gasteiger partial charge on any atom is 0.240 e. The Morgan fingerprint density at radius 3 is 2.76 bits per heavy atom. The highest BCUT2D eigenvalue weighted by atomic mass is 16.7. The molecule has 2 saturated carbocycles. The molecule has 0 bridgehead atoms. The Bertz CT molecular complexity index is 491. The zero-order chi connectivity index (χ0) is 17.4. The SMILES string of the molecule is CCC1NC(C2CCC3C(CC[C@H]3NC(=O)C3NCOC3C)C2)NO1. The second-order valence-corrected chi connectivity index (χ2v) is 8.16. The third kappa shape index (κ3) is 3.57. The Morgan fingerprint density at radius 1 is 1.20 bits per heavy atom. The molecular formula is C18H32N4O3. The van der Waals surface area contributed by atoms with Gasteiger partial charge in [-0.3, -0.25) is 20.3 Å². The van der Waals surface area contributed by atoms with Crippen LogP contribution < -0.4 is 21.4 Å². The molecule has 2 heterocycles. The van der Waals surface area contributed by atoms with E-state index < -0.39 is 0 Å². The first-order valence-corrected chi connectivity index (χ1v) is 9.98. The minimum Gasteiger partial charge on any atom is -0.361 e. The van der Waals surface area contributed by atoms with Crippen molar-refractivity contribution in [2.24, 2.45) is 17.8 Å². The highest BCUT2D eigenvalue weighted by molar-refractivity contribution is 5.83. The van der Waals surface area contributed by atoms with Crippen molar-refractivity contribution < 1.29 is 14.4 Å². The molecule has 4 aliphatic rings. The molecule has 0 aromatic rings. The van der Waals surface area contributed by atoms with Crippen molar-refractivity contribution in [1.82, 2.24) is 21.4 Å². The summed E-state index contributed by atoms with van der Waals surface area (Å²) in [7, 11) is 0. The van der Waals surface area contributed by atoms with Crippen LogP contribution in [0.15, 0.2) is 0 Å². The average molecular weight is 352 g/mol. The number of hydrogen-bond donors (Lipinski definition) is 4. The first kappa shape index (κ1) is 17.7. The maximum absolute atomic E-state index is 12.5. The van der Waals surface area contributed by atoms with Crippen LogP contribution >= 0.6 is 0 Å². The van der Waals surface area contributed by atoms with E-state index in [0.717, 1.165) is 18.8 Å². The van der Waals surface area contributed by atoms with Crippen molar-refractivity contribution in [3.05, 3.63) is 0 Å². The van der Waals surface area contributed by atoms with Crippen molar-refractivity contribution in [2.45, 2.75) is 83.0 Å². The van der Waals surface area contributed by atoms with Gasteiger partial charge in [0.05, 0.1) is 19.0 Å². The predicted molar refractivity (Wildman–Crippen MR) is 93.0 cm³/mol. The normalized spacial score (nSPS) is 47.0.